The molecule has 2 aliphatic rings. The average Bonchev–Trinajstić information content (AvgIpc) is 3.04. The number of hydrogen-bond acceptors (Lipinski definition) is 1. The Morgan fingerprint density at radius 3 is 2.53 bits per heavy atom. The van der Waals surface area contributed by atoms with Crippen LogP contribution in [0.2, 0.25) is 0 Å². The molecule has 2 aromatic rings. The maximum atomic E-state index is 6.65. The maximum absolute atomic E-state index is 6.65. The topological polar surface area (TPSA) is 26.0 Å². The molecule has 0 saturated heterocycles. The van der Waals surface area contributed by atoms with Crippen LogP contribution in [0.15, 0.2) is 36.4 Å². The molecule has 2 aromatic carbocycles. The largest absolute Gasteiger partial charge is 0.324 e. The molecule has 2 N–H and O–H groups in total. The summed E-state index contributed by atoms with van der Waals surface area (Å²) in [5.74, 6) is 2.71. The van der Waals surface area contributed by atoms with Gasteiger partial charge in [-0.15, -0.1) is 0 Å². The van der Waals surface area contributed by atoms with Gasteiger partial charge in [-0.25, -0.2) is 0 Å². The van der Waals surface area contributed by atoms with Crippen molar-refractivity contribution in [3.8, 4) is 0 Å². The molecular weight excluding hydrogens is 230 g/mol. The normalized spacial score (nSPS) is 30.3. The summed E-state index contributed by atoms with van der Waals surface area (Å²) in [6.45, 7) is 2.21. The molecule has 4 rings (SSSR count). The van der Waals surface area contributed by atoms with Gasteiger partial charge in [0.05, 0.1) is 0 Å². The van der Waals surface area contributed by atoms with Crippen LogP contribution < -0.4 is 5.73 Å². The second-order valence-electron chi connectivity index (χ2n) is 6.53. The third-order valence-electron chi connectivity index (χ3n) is 5.31. The smallest absolute Gasteiger partial charge is 0.0332 e. The highest BCUT2D eigenvalue weighted by molar-refractivity contribution is 5.87. The standard InChI is InChI=1S/C18H21N/c1-11-6-7-12-4-2-3-5-16(12)17(11)18(19)15-9-13-8-14(13)10-15/h2-7,13-15,18H,8-10,19H2,1H3. The summed E-state index contributed by atoms with van der Waals surface area (Å²) in [5.41, 5.74) is 9.40. The average molecular weight is 251 g/mol. The van der Waals surface area contributed by atoms with E-state index in [1.54, 1.807) is 0 Å². The van der Waals surface area contributed by atoms with Gasteiger partial charge < -0.3 is 5.73 Å². The maximum Gasteiger partial charge on any atom is 0.0332 e. The molecule has 2 saturated carbocycles. The zero-order valence-corrected chi connectivity index (χ0v) is 11.5. The summed E-state index contributed by atoms with van der Waals surface area (Å²) in [6.07, 6.45) is 4.18. The summed E-state index contributed by atoms with van der Waals surface area (Å²) in [6, 6.07) is 13.3. The van der Waals surface area contributed by atoms with Gasteiger partial charge in [-0.2, -0.15) is 0 Å². The van der Waals surface area contributed by atoms with Crippen LogP contribution in [-0.4, -0.2) is 0 Å². The van der Waals surface area contributed by atoms with Crippen molar-refractivity contribution in [1.29, 1.82) is 0 Å². The van der Waals surface area contributed by atoms with Gasteiger partial charge in [0.15, 0.2) is 0 Å². The monoisotopic (exact) mass is 251 g/mol. The molecule has 1 heteroatoms. The van der Waals surface area contributed by atoms with E-state index in [2.05, 4.69) is 43.3 Å². The second kappa shape index (κ2) is 4.08. The van der Waals surface area contributed by atoms with Crippen molar-refractivity contribution >= 4 is 10.8 Å². The number of aryl methyl sites for hydroxylation is 1. The fourth-order valence-electron chi connectivity index (χ4n) is 4.14. The number of fused-ring (bicyclic) bond motifs is 2. The van der Waals surface area contributed by atoms with Gasteiger partial charge in [0.1, 0.15) is 0 Å². The highest BCUT2D eigenvalue weighted by Crippen LogP contribution is 2.57. The lowest BCUT2D eigenvalue weighted by molar-refractivity contribution is 0.405. The zero-order chi connectivity index (χ0) is 13.0. The van der Waals surface area contributed by atoms with E-state index in [4.69, 9.17) is 5.73 Å². The quantitative estimate of drug-likeness (QED) is 0.850. The summed E-state index contributed by atoms with van der Waals surface area (Å²) in [7, 11) is 0. The van der Waals surface area contributed by atoms with E-state index in [9.17, 15) is 0 Å². The molecule has 0 bridgehead atoms. The number of benzene rings is 2. The predicted molar refractivity (Wildman–Crippen MR) is 79.9 cm³/mol. The van der Waals surface area contributed by atoms with E-state index < -0.39 is 0 Å². The lowest BCUT2D eigenvalue weighted by atomic mass is 9.85. The minimum Gasteiger partial charge on any atom is -0.324 e. The summed E-state index contributed by atoms with van der Waals surface area (Å²) < 4.78 is 0. The van der Waals surface area contributed by atoms with Gasteiger partial charge in [0.2, 0.25) is 0 Å². The molecule has 0 amide bonds. The van der Waals surface area contributed by atoms with Crippen LogP contribution in [0, 0.1) is 24.7 Å². The molecular formula is C18H21N. The van der Waals surface area contributed by atoms with Gasteiger partial charge in [-0.05, 0) is 65.8 Å². The Balaban J connectivity index is 1.78. The van der Waals surface area contributed by atoms with Crippen molar-refractivity contribution in [1.82, 2.24) is 0 Å². The predicted octanol–water partition coefficient (Wildman–Crippen LogP) is 4.19. The van der Waals surface area contributed by atoms with Crippen LogP contribution in [0.1, 0.15) is 36.4 Å². The first kappa shape index (κ1) is 11.5. The molecule has 0 spiro atoms. The summed E-state index contributed by atoms with van der Waals surface area (Å²) in [5, 5.41) is 2.68. The SMILES string of the molecule is Cc1ccc2ccccc2c1C(N)C1CC2CC2C1. The number of rotatable bonds is 2. The van der Waals surface area contributed by atoms with E-state index in [1.165, 1.54) is 41.2 Å². The first-order valence-electron chi connectivity index (χ1n) is 7.48. The van der Waals surface area contributed by atoms with Crippen LogP contribution in [0.25, 0.3) is 10.8 Å². The van der Waals surface area contributed by atoms with Gasteiger partial charge in [-0.3, -0.25) is 0 Å². The van der Waals surface area contributed by atoms with E-state index in [0.717, 1.165) is 11.8 Å². The summed E-state index contributed by atoms with van der Waals surface area (Å²) >= 11 is 0. The summed E-state index contributed by atoms with van der Waals surface area (Å²) in [4.78, 5) is 0. The van der Waals surface area contributed by atoms with Crippen molar-refractivity contribution in [3.05, 3.63) is 47.5 Å². The molecule has 98 valence electrons. The van der Waals surface area contributed by atoms with E-state index in [0.29, 0.717) is 5.92 Å². The molecule has 2 fully saturated rings. The van der Waals surface area contributed by atoms with Crippen LogP contribution in [0.4, 0.5) is 0 Å². The molecule has 3 unspecified atom stereocenters. The van der Waals surface area contributed by atoms with E-state index in [-0.39, 0.29) is 6.04 Å². The van der Waals surface area contributed by atoms with Crippen molar-refractivity contribution in [2.75, 3.05) is 0 Å². The minimum atomic E-state index is 0.221. The Morgan fingerprint density at radius 1 is 1.00 bits per heavy atom. The molecule has 1 nitrogen and oxygen atoms in total. The van der Waals surface area contributed by atoms with Crippen molar-refractivity contribution in [3.63, 3.8) is 0 Å². The van der Waals surface area contributed by atoms with Gasteiger partial charge in [-0.1, -0.05) is 36.4 Å². The Kier molecular flexibility index (Phi) is 2.46. The highest BCUT2D eigenvalue weighted by atomic mass is 14.7. The fraction of sp³-hybridized carbons (Fsp3) is 0.444. The fourth-order valence-corrected chi connectivity index (χ4v) is 4.14. The Morgan fingerprint density at radius 2 is 1.74 bits per heavy atom. The molecule has 0 aromatic heterocycles. The lowest BCUT2D eigenvalue weighted by Crippen LogP contribution is -2.21. The number of nitrogens with two attached hydrogens (primary N) is 1. The van der Waals surface area contributed by atoms with E-state index in [1.807, 2.05) is 0 Å². The Bertz CT molecular complexity index is 621. The van der Waals surface area contributed by atoms with Gasteiger partial charge in [0.25, 0.3) is 0 Å². The molecule has 3 atom stereocenters. The van der Waals surface area contributed by atoms with Crippen LogP contribution in [-0.2, 0) is 0 Å². The van der Waals surface area contributed by atoms with Gasteiger partial charge in [0, 0.05) is 6.04 Å². The molecule has 2 aliphatic carbocycles. The van der Waals surface area contributed by atoms with Crippen molar-refractivity contribution in [2.24, 2.45) is 23.5 Å². The Labute approximate surface area is 114 Å². The third-order valence-corrected chi connectivity index (χ3v) is 5.31. The lowest BCUT2D eigenvalue weighted by Gasteiger charge is -2.24. The highest BCUT2D eigenvalue weighted by Gasteiger charge is 2.47. The Hall–Kier alpha value is -1.34. The van der Waals surface area contributed by atoms with Gasteiger partial charge >= 0.3 is 0 Å². The van der Waals surface area contributed by atoms with Crippen LogP contribution >= 0.6 is 0 Å². The van der Waals surface area contributed by atoms with E-state index >= 15 is 0 Å². The first-order valence-corrected chi connectivity index (χ1v) is 7.48. The van der Waals surface area contributed by atoms with Crippen molar-refractivity contribution < 1.29 is 0 Å². The zero-order valence-electron chi connectivity index (χ0n) is 11.5. The van der Waals surface area contributed by atoms with Crippen LogP contribution in [0.5, 0.6) is 0 Å². The second-order valence-corrected chi connectivity index (χ2v) is 6.53. The van der Waals surface area contributed by atoms with Crippen LogP contribution in [0.3, 0.4) is 0 Å². The van der Waals surface area contributed by atoms with Crippen molar-refractivity contribution in [2.45, 2.75) is 32.2 Å². The first-order chi connectivity index (χ1) is 9.24. The number of hydrogen-bond donors (Lipinski definition) is 1. The molecule has 0 aliphatic heterocycles. The molecule has 19 heavy (non-hydrogen) atoms. The molecule has 0 radical (unpaired) electrons. The molecule has 0 heterocycles. The third kappa shape index (κ3) is 1.80. The minimum absolute atomic E-state index is 0.221.